The molecule has 0 aromatic heterocycles. The van der Waals surface area contributed by atoms with Crippen LogP contribution in [0.15, 0.2) is 42.5 Å². The van der Waals surface area contributed by atoms with Crippen LogP contribution in [0, 0.1) is 23.4 Å². The number of hydrogen-bond donors (Lipinski definition) is 2. The first-order chi connectivity index (χ1) is 16.4. The Labute approximate surface area is 196 Å². The Hall–Kier alpha value is -2.91. The van der Waals surface area contributed by atoms with Gasteiger partial charge in [0.25, 0.3) is 0 Å². The highest BCUT2D eigenvalue weighted by Crippen LogP contribution is 2.41. The fourth-order valence-corrected chi connectivity index (χ4v) is 5.17. The highest BCUT2D eigenvalue weighted by atomic mass is 19.2. The number of likely N-dealkylation sites (N-methyl/N-ethyl adjacent to an activating group) is 1. The maximum atomic E-state index is 14.2. The number of halogens is 3. The van der Waals surface area contributed by atoms with Crippen molar-refractivity contribution in [2.24, 2.45) is 5.92 Å². The summed E-state index contributed by atoms with van der Waals surface area (Å²) in [6.07, 6.45) is 0.485. The van der Waals surface area contributed by atoms with Crippen LogP contribution in [0.2, 0.25) is 0 Å². The summed E-state index contributed by atoms with van der Waals surface area (Å²) < 4.78 is 46.7. The maximum Gasteiger partial charge on any atom is 0.416 e. The van der Waals surface area contributed by atoms with Crippen molar-refractivity contribution in [3.8, 4) is 5.75 Å². The summed E-state index contributed by atoms with van der Waals surface area (Å²) in [7, 11) is 0. The normalized spacial score (nSPS) is 23.0. The molecule has 2 aromatic rings. The number of carbonyl (C=O) groups is 2. The highest BCUT2D eigenvalue weighted by molar-refractivity contribution is 5.95. The van der Waals surface area contributed by atoms with E-state index in [1.165, 1.54) is 35.2 Å². The molecule has 0 spiro atoms. The third kappa shape index (κ3) is 4.54. The lowest BCUT2D eigenvalue weighted by atomic mass is 9.72. The summed E-state index contributed by atoms with van der Waals surface area (Å²) in [6, 6.07) is 8.61. The Bertz CT molecular complexity index is 1040. The van der Waals surface area contributed by atoms with Crippen LogP contribution in [0.1, 0.15) is 31.2 Å². The van der Waals surface area contributed by atoms with Crippen LogP contribution in [-0.2, 0) is 4.79 Å². The summed E-state index contributed by atoms with van der Waals surface area (Å²) in [5.41, 5.74) is -0.919. The minimum absolute atomic E-state index is 0.119. The highest BCUT2D eigenvalue weighted by Gasteiger charge is 2.57. The number of Topliss-reactive ketones (excluding diaryl/α,β-unsaturated/α-hetero) is 1. The van der Waals surface area contributed by atoms with Crippen LogP contribution in [-0.4, -0.2) is 55.0 Å². The number of rotatable bonds is 6. The largest absolute Gasteiger partial charge is 0.416 e. The van der Waals surface area contributed by atoms with Gasteiger partial charge in [-0.15, -0.1) is 0 Å². The molecule has 0 aliphatic carbocycles. The number of ether oxygens (including phenoxy) is 1. The van der Waals surface area contributed by atoms with E-state index in [-0.39, 0.29) is 30.5 Å². The van der Waals surface area contributed by atoms with Gasteiger partial charge in [0.15, 0.2) is 17.4 Å². The van der Waals surface area contributed by atoms with Gasteiger partial charge in [-0.3, -0.25) is 9.69 Å². The summed E-state index contributed by atoms with van der Waals surface area (Å²) in [4.78, 5) is 28.9. The summed E-state index contributed by atoms with van der Waals surface area (Å²) in [5, 5.41) is 6.44. The van der Waals surface area contributed by atoms with Gasteiger partial charge in [-0.25, -0.2) is 18.0 Å². The Balaban J connectivity index is 1.75. The molecule has 1 amide bonds. The number of ketones is 1. The first-order valence-electron chi connectivity index (χ1n) is 11.5. The third-order valence-corrected chi connectivity index (χ3v) is 6.84. The van der Waals surface area contributed by atoms with Crippen LogP contribution >= 0.6 is 0 Å². The monoisotopic (exact) mass is 475 g/mol. The fourth-order valence-electron chi connectivity index (χ4n) is 5.17. The van der Waals surface area contributed by atoms with Crippen LogP contribution in [0.25, 0.3) is 0 Å². The van der Waals surface area contributed by atoms with Crippen molar-refractivity contribution < 1.29 is 27.5 Å². The van der Waals surface area contributed by atoms with E-state index in [1.807, 2.05) is 0 Å². The van der Waals surface area contributed by atoms with Crippen molar-refractivity contribution in [2.45, 2.75) is 31.2 Å². The van der Waals surface area contributed by atoms with Crippen LogP contribution < -0.4 is 15.4 Å². The molecule has 2 saturated heterocycles. The Morgan fingerprint density at radius 3 is 2.38 bits per heavy atom. The molecular formula is C25H28F3N3O3. The second kappa shape index (κ2) is 10.1. The zero-order chi connectivity index (χ0) is 24.3. The number of carbonyl (C=O) groups excluding carboxylic acids is 2. The predicted octanol–water partition coefficient (Wildman–Crippen LogP) is 3.62. The van der Waals surface area contributed by atoms with Crippen molar-refractivity contribution in [1.29, 1.82) is 0 Å². The van der Waals surface area contributed by atoms with Crippen molar-refractivity contribution in [2.75, 3.05) is 32.7 Å². The molecule has 2 aliphatic heterocycles. The van der Waals surface area contributed by atoms with Gasteiger partial charge in [0.1, 0.15) is 17.1 Å². The van der Waals surface area contributed by atoms with Crippen molar-refractivity contribution in [3.63, 3.8) is 0 Å². The molecule has 2 heterocycles. The predicted molar refractivity (Wildman–Crippen MR) is 120 cm³/mol. The average Bonchev–Trinajstić information content (AvgIpc) is 3.28. The minimum Gasteiger partial charge on any atom is -0.410 e. The van der Waals surface area contributed by atoms with E-state index >= 15 is 0 Å². The zero-order valence-electron chi connectivity index (χ0n) is 19.0. The molecule has 182 valence electrons. The first kappa shape index (κ1) is 24.2. The van der Waals surface area contributed by atoms with Gasteiger partial charge in [0, 0.05) is 31.5 Å². The van der Waals surface area contributed by atoms with Gasteiger partial charge in [0.2, 0.25) is 0 Å². The average molecular weight is 476 g/mol. The number of piperidine rings is 1. The number of amides is 1. The molecule has 4 rings (SSSR count). The molecule has 6 nitrogen and oxygen atoms in total. The van der Waals surface area contributed by atoms with Gasteiger partial charge in [-0.05, 0) is 74.8 Å². The van der Waals surface area contributed by atoms with Crippen molar-refractivity contribution in [3.05, 3.63) is 65.5 Å². The maximum absolute atomic E-state index is 14.2. The van der Waals surface area contributed by atoms with Gasteiger partial charge in [-0.1, -0.05) is 6.07 Å². The van der Waals surface area contributed by atoms with E-state index in [4.69, 9.17) is 4.74 Å². The second-order valence-electron chi connectivity index (χ2n) is 8.74. The second-order valence-corrected chi connectivity index (χ2v) is 8.74. The number of nitrogens with one attached hydrogen (secondary N) is 2. The molecule has 2 fully saturated rings. The number of hydrogen-bond acceptors (Lipinski definition) is 5. The van der Waals surface area contributed by atoms with Crippen molar-refractivity contribution >= 4 is 11.9 Å². The lowest BCUT2D eigenvalue weighted by molar-refractivity contribution is -0.135. The molecule has 2 aliphatic rings. The van der Waals surface area contributed by atoms with Gasteiger partial charge in [0.05, 0.1) is 0 Å². The Morgan fingerprint density at radius 2 is 1.74 bits per heavy atom. The molecule has 0 saturated carbocycles. The Morgan fingerprint density at radius 1 is 1.03 bits per heavy atom. The van der Waals surface area contributed by atoms with E-state index in [1.54, 1.807) is 6.92 Å². The molecule has 0 bridgehead atoms. The number of nitrogens with zero attached hydrogens (tertiary/aromatic N) is 1. The van der Waals surface area contributed by atoms with E-state index in [0.717, 1.165) is 12.1 Å². The van der Waals surface area contributed by atoms with Gasteiger partial charge in [-0.2, -0.15) is 0 Å². The zero-order valence-corrected chi connectivity index (χ0v) is 19.0. The number of benzene rings is 2. The molecule has 34 heavy (non-hydrogen) atoms. The summed E-state index contributed by atoms with van der Waals surface area (Å²) >= 11 is 0. The fraction of sp³-hybridized carbons (Fsp3) is 0.440. The molecular weight excluding hydrogens is 447 g/mol. The lowest BCUT2D eigenvalue weighted by Gasteiger charge is -2.44. The van der Waals surface area contributed by atoms with Gasteiger partial charge < -0.3 is 15.4 Å². The smallest absolute Gasteiger partial charge is 0.410 e. The molecule has 2 aromatic carbocycles. The van der Waals surface area contributed by atoms with Crippen LogP contribution in [0.3, 0.4) is 0 Å². The van der Waals surface area contributed by atoms with Crippen LogP contribution in [0.5, 0.6) is 5.75 Å². The molecule has 2 N–H and O–H groups in total. The quantitative estimate of drug-likeness (QED) is 0.668. The molecule has 0 unspecified atom stereocenters. The van der Waals surface area contributed by atoms with E-state index in [9.17, 15) is 22.8 Å². The summed E-state index contributed by atoms with van der Waals surface area (Å²) in [6.45, 7) is 3.72. The standard InChI is InChI=1S/C25H28F3N3O3/c1-2-31(24(33)34-19-6-4-18(26)5-7-19)25(23(32)16-9-11-29-12-10-16)15-30-14-20(25)17-3-8-21(27)22(28)13-17/h3-8,13,16,20,29-30H,2,9-12,14-15H2,1H3/t20-,25+/m0/s1. The van der Waals surface area contributed by atoms with E-state index in [0.29, 0.717) is 38.0 Å². The molecule has 2 atom stereocenters. The van der Waals surface area contributed by atoms with Crippen LogP contribution in [0.4, 0.5) is 18.0 Å². The van der Waals surface area contributed by atoms with Crippen molar-refractivity contribution in [1.82, 2.24) is 15.5 Å². The topological polar surface area (TPSA) is 70.7 Å². The lowest BCUT2D eigenvalue weighted by Crippen LogP contribution is -2.63. The molecule has 9 heteroatoms. The van der Waals surface area contributed by atoms with E-state index < -0.39 is 35.0 Å². The minimum atomic E-state index is -1.35. The van der Waals surface area contributed by atoms with E-state index in [2.05, 4.69) is 10.6 Å². The summed E-state index contributed by atoms with van der Waals surface area (Å²) in [5.74, 6) is -3.33. The van der Waals surface area contributed by atoms with Gasteiger partial charge >= 0.3 is 6.09 Å². The SMILES string of the molecule is CCN(C(=O)Oc1ccc(F)cc1)[C@]1(C(=O)C2CCNCC2)CNC[C@H]1c1ccc(F)c(F)c1. The Kier molecular flexibility index (Phi) is 7.23. The first-order valence-corrected chi connectivity index (χ1v) is 11.5. The molecule has 0 radical (unpaired) electrons. The third-order valence-electron chi connectivity index (χ3n) is 6.84.